The molecule has 42 heavy (non-hydrogen) atoms. The molecule has 0 radical (unpaired) electrons. The highest BCUT2D eigenvalue weighted by Gasteiger charge is 2.43. The van der Waals surface area contributed by atoms with Crippen LogP contribution in [0.4, 0.5) is 0 Å². The van der Waals surface area contributed by atoms with E-state index in [2.05, 4.69) is 182 Å². The SMILES string of the molecule is c1ccc(B2C(c3ccccc3)=C(c3ccccc3)C(c3ccccc3)=C(c3ccccc3)P2c2ccccc2)cc1. The summed E-state index contributed by atoms with van der Waals surface area (Å²) in [5.74, 6) is 0. The molecule has 1 aliphatic rings. The summed E-state index contributed by atoms with van der Waals surface area (Å²) in [7, 11) is -0.867. The Morgan fingerprint density at radius 3 is 1.21 bits per heavy atom. The number of benzene rings is 6. The Morgan fingerprint density at radius 1 is 0.333 bits per heavy atom. The largest absolute Gasteiger partial charge is 0.248 e. The van der Waals surface area contributed by atoms with Crippen molar-refractivity contribution in [3.63, 3.8) is 0 Å². The molecule has 0 saturated carbocycles. The molecule has 198 valence electrons. The van der Waals surface area contributed by atoms with Crippen molar-refractivity contribution in [2.75, 3.05) is 0 Å². The zero-order chi connectivity index (χ0) is 28.1. The molecule has 0 saturated heterocycles. The van der Waals surface area contributed by atoms with Crippen LogP contribution < -0.4 is 10.8 Å². The number of hydrogen-bond donors (Lipinski definition) is 0. The summed E-state index contributed by atoms with van der Waals surface area (Å²) in [5.41, 5.74) is 10.4. The van der Waals surface area contributed by atoms with Crippen LogP contribution in [0.15, 0.2) is 182 Å². The topological polar surface area (TPSA) is 0 Å². The van der Waals surface area contributed by atoms with Crippen LogP contribution in [0.3, 0.4) is 0 Å². The minimum absolute atomic E-state index is 0.156. The molecule has 6 aromatic carbocycles. The third-order valence-corrected chi connectivity index (χ3v) is 10.8. The molecule has 0 bridgehead atoms. The first kappa shape index (κ1) is 26.2. The lowest BCUT2D eigenvalue weighted by molar-refractivity contribution is 1.57. The molecule has 0 amide bonds. The standard InChI is InChI=1S/C40H30BP/c1-7-19-31(20-8-1)37-38(32-21-9-2-10-22-32)40(34-25-13-4-14-26-34)42(36-29-17-6-18-30-36)41(35-27-15-5-16-28-35)39(37)33-23-11-3-12-24-33/h1-30H. The lowest BCUT2D eigenvalue weighted by Crippen LogP contribution is -2.36. The van der Waals surface area contributed by atoms with Crippen LogP contribution >= 0.6 is 7.80 Å². The van der Waals surface area contributed by atoms with Gasteiger partial charge in [0, 0.05) is 0 Å². The Labute approximate surface area is 250 Å². The van der Waals surface area contributed by atoms with Gasteiger partial charge in [-0.25, -0.2) is 0 Å². The highest BCUT2D eigenvalue weighted by atomic mass is 31.1. The molecule has 6 aromatic rings. The fourth-order valence-electron chi connectivity index (χ4n) is 6.18. The van der Waals surface area contributed by atoms with E-state index in [-0.39, 0.29) is 6.43 Å². The van der Waals surface area contributed by atoms with Crippen molar-refractivity contribution in [2.45, 2.75) is 0 Å². The van der Waals surface area contributed by atoms with Gasteiger partial charge in [0.05, 0.1) is 0 Å². The highest BCUT2D eigenvalue weighted by molar-refractivity contribution is 8.07. The average molecular weight is 552 g/mol. The summed E-state index contributed by atoms with van der Waals surface area (Å²) in [6, 6.07) is 66.5. The van der Waals surface area contributed by atoms with E-state index >= 15 is 0 Å². The Bertz CT molecular complexity index is 1690. The number of allylic oxidation sites excluding steroid dienone is 2. The summed E-state index contributed by atoms with van der Waals surface area (Å²) in [5, 5.41) is 2.81. The van der Waals surface area contributed by atoms with Gasteiger partial charge in [0.15, 0.2) is 0 Å². The summed E-state index contributed by atoms with van der Waals surface area (Å²) in [4.78, 5) is 0. The molecule has 1 aliphatic heterocycles. The zero-order valence-electron chi connectivity index (χ0n) is 23.3. The van der Waals surface area contributed by atoms with Gasteiger partial charge in [0.1, 0.15) is 0 Å². The van der Waals surface area contributed by atoms with Gasteiger partial charge in [-0.2, -0.15) is 0 Å². The molecular formula is C40H30BP. The fourth-order valence-corrected chi connectivity index (χ4v) is 9.40. The van der Waals surface area contributed by atoms with Crippen molar-refractivity contribution >= 4 is 46.9 Å². The lowest BCUT2D eigenvalue weighted by Gasteiger charge is -2.39. The summed E-state index contributed by atoms with van der Waals surface area (Å²) in [6.45, 7) is 0. The summed E-state index contributed by atoms with van der Waals surface area (Å²) >= 11 is 0. The third kappa shape index (κ3) is 4.98. The van der Waals surface area contributed by atoms with Crippen molar-refractivity contribution in [3.8, 4) is 0 Å². The minimum atomic E-state index is -0.867. The van der Waals surface area contributed by atoms with Crippen LogP contribution in [-0.2, 0) is 0 Å². The van der Waals surface area contributed by atoms with Crippen LogP contribution in [0.25, 0.3) is 21.9 Å². The minimum Gasteiger partial charge on any atom is -0.0679 e. The number of hydrogen-bond acceptors (Lipinski definition) is 0. The molecule has 2 heteroatoms. The lowest BCUT2D eigenvalue weighted by atomic mass is 9.55. The molecule has 0 nitrogen and oxygen atoms in total. The van der Waals surface area contributed by atoms with E-state index in [0.717, 1.165) is 0 Å². The van der Waals surface area contributed by atoms with Crippen molar-refractivity contribution in [1.82, 2.24) is 0 Å². The second kappa shape index (κ2) is 12.0. The molecule has 0 aromatic heterocycles. The Morgan fingerprint density at radius 2 is 0.714 bits per heavy atom. The van der Waals surface area contributed by atoms with Gasteiger partial charge in [-0.3, -0.25) is 0 Å². The van der Waals surface area contributed by atoms with E-state index in [4.69, 9.17) is 0 Å². The van der Waals surface area contributed by atoms with E-state index in [1.165, 1.54) is 55.0 Å². The Kier molecular flexibility index (Phi) is 7.51. The van der Waals surface area contributed by atoms with E-state index in [1.54, 1.807) is 0 Å². The second-order valence-electron chi connectivity index (χ2n) is 10.5. The molecule has 0 fully saturated rings. The maximum atomic E-state index is 2.34. The first-order valence-corrected chi connectivity index (χ1v) is 15.9. The van der Waals surface area contributed by atoms with Gasteiger partial charge < -0.3 is 0 Å². The predicted molar refractivity (Wildman–Crippen MR) is 184 cm³/mol. The van der Waals surface area contributed by atoms with Gasteiger partial charge in [0.2, 0.25) is 6.43 Å². The van der Waals surface area contributed by atoms with Crippen LogP contribution in [0, 0.1) is 0 Å². The monoisotopic (exact) mass is 552 g/mol. The Hall–Kier alpha value is -4.71. The van der Waals surface area contributed by atoms with E-state index in [0.29, 0.717) is 0 Å². The van der Waals surface area contributed by atoms with Crippen molar-refractivity contribution in [2.24, 2.45) is 0 Å². The summed E-state index contributed by atoms with van der Waals surface area (Å²) in [6.07, 6.45) is 0.156. The number of rotatable bonds is 6. The second-order valence-corrected chi connectivity index (χ2v) is 12.7. The van der Waals surface area contributed by atoms with E-state index in [9.17, 15) is 0 Å². The van der Waals surface area contributed by atoms with Crippen molar-refractivity contribution in [3.05, 3.63) is 204 Å². The fraction of sp³-hybridized carbons (Fsp3) is 0. The van der Waals surface area contributed by atoms with Crippen LogP contribution in [0.2, 0.25) is 0 Å². The average Bonchev–Trinajstić information content (AvgIpc) is 3.09. The molecule has 0 aliphatic carbocycles. The van der Waals surface area contributed by atoms with Gasteiger partial charge in [-0.1, -0.05) is 201 Å². The zero-order valence-corrected chi connectivity index (χ0v) is 24.2. The highest BCUT2D eigenvalue weighted by Crippen LogP contribution is 2.64. The van der Waals surface area contributed by atoms with Crippen molar-refractivity contribution in [1.29, 1.82) is 0 Å². The van der Waals surface area contributed by atoms with E-state index in [1.807, 2.05) is 0 Å². The van der Waals surface area contributed by atoms with Gasteiger partial charge >= 0.3 is 0 Å². The molecule has 1 unspecified atom stereocenters. The molecule has 1 heterocycles. The summed E-state index contributed by atoms with van der Waals surface area (Å²) < 4.78 is 0. The van der Waals surface area contributed by atoms with Crippen molar-refractivity contribution < 1.29 is 0 Å². The molecular weight excluding hydrogens is 522 g/mol. The molecule has 1 atom stereocenters. The first-order chi connectivity index (χ1) is 20.9. The van der Waals surface area contributed by atoms with Gasteiger partial charge in [0.25, 0.3) is 0 Å². The molecule has 0 spiro atoms. The normalized spacial score (nSPS) is 15.1. The predicted octanol–water partition coefficient (Wildman–Crippen LogP) is 9.42. The Balaban J connectivity index is 1.71. The molecule has 7 rings (SSSR count). The molecule has 0 N–H and O–H groups in total. The first-order valence-electron chi connectivity index (χ1n) is 14.5. The van der Waals surface area contributed by atoms with Crippen LogP contribution in [0.5, 0.6) is 0 Å². The van der Waals surface area contributed by atoms with Gasteiger partial charge in [-0.05, 0) is 44.0 Å². The maximum Gasteiger partial charge on any atom is 0.248 e. The maximum absolute atomic E-state index is 2.34. The van der Waals surface area contributed by atoms with E-state index < -0.39 is 7.80 Å². The van der Waals surface area contributed by atoms with Crippen LogP contribution in [0.1, 0.15) is 22.3 Å². The smallest absolute Gasteiger partial charge is 0.0679 e. The van der Waals surface area contributed by atoms with Crippen LogP contribution in [-0.4, -0.2) is 6.43 Å². The van der Waals surface area contributed by atoms with Gasteiger partial charge in [-0.15, -0.1) is 0 Å². The quantitative estimate of drug-likeness (QED) is 0.143. The third-order valence-electron chi connectivity index (χ3n) is 7.94.